The van der Waals surface area contributed by atoms with E-state index in [1.165, 1.54) is 23.1 Å². The molecule has 1 atom stereocenters. The first-order valence-electron chi connectivity index (χ1n) is 13.1. The van der Waals surface area contributed by atoms with Gasteiger partial charge >= 0.3 is 6.18 Å². The van der Waals surface area contributed by atoms with Gasteiger partial charge in [0.25, 0.3) is 17.4 Å². The first-order valence-corrected chi connectivity index (χ1v) is 13.5. The van der Waals surface area contributed by atoms with E-state index in [0.717, 1.165) is 48.7 Å². The molecule has 0 radical (unpaired) electrons. The second kappa shape index (κ2) is 11.7. The summed E-state index contributed by atoms with van der Waals surface area (Å²) >= 11 is 6.33. The lowest BCUT2D eigenvalue weighted by atomic mass is 9.90. The number of carbonyl (C=O) groups excluding carboxylic acids is 2. The van der Waals surface area contributed by atoms with Gasteiger partial charge in [0.2, 0.25) is 0 Å². The average molecular weight is 567 g/mol. The van der Waals surface area contributed by atoms with Crippen molar-refractivity contribution >= 4 is 29.1 Å². The van der Waals surface area contributed by atoms with Crippen LogP contribution < -0.4 is 5.32 Å². The predicted octanol–water partition coefficient (Wildman–Crippen LogP) is 4.36. The zero-order valence-electron chi connectivity index (χ0n) is 22.0. The van der Waals surface area contributed by atoms with Crippen molar-refractivity contribution < 1.29 is 27.9 Å². The lowest BCUT2D eigenvalue weighted by Gasteiger charge is -2.43. The summed E-state index contributed by atoms with van der Waals surface area (Å²) in [6, 6.07) is 12.2. The van der Waals surface area contributed by atoms with Gasteiger partial charge < -0.3 is 25.1 Å². The maximum absolute atomic E-state index is 13.9. The van der Waals surface area contributed by atoms with E-state index in [-0.39, 0.29) is 31.1 Å². The fraction of sp³-hybridized carbons (Fsp3) is 0.500. The molecule has 2 aliphatic heterocycles. The lowest BCUT2D eigenvalue weighted by Crippen LogP contribution is -2.58. The minimum absolute atomic E-state index is 0.156. The molecule has 0 saturated carbocycles. The van der Waals surface area contributed by atoms with Crippen molar-refractivity contribution in [3.05, 3.63) is 64.7 Å². The van der Waals surface area contributed by atoms with Gasteiger partial charge in [-0.2, -0.15) is 13.2 Å². The summed E-state index contributed by atoms with van der Waals surface area (Å²) in [5.74, 6) is -1.48. The molecule has 2 saturated heterocycles. The molecule has 2 amide bonds. The van der Waals surface area contributed by atoms with Crippen LogP contribution in [0.15, 0.2) is 48.5 Å². The van der Waals surface area contributed by atoms with Crippen LogP contribution in [0.4, 0.5) is 18.9 Å². The molecule has 0 unspecified atom stereocenters. The zero-order valence-corrected chi connectivity index (χ0v) is 22.8. The monoisotopic (exact) mass is 566 g/mol. The summed E-state index contributed by atoms with van der Waals surface area (Å²) < 4.78 is 41.8. The number of anilines is 1. The second-order valence-corrected chi connectivity index (χ2v) is 10.9. The van der Waals surface area contributed by atoms with Gasteiger partial charge in [-0.05, 0) is 43.9 Å². The van der Waals surface area contributed by atoms with Crippen LogP contribution in [0.1, 0.15) is 41.6 Å². The molecule has 2 aromatic rings. The Morgan fingerprint density at radius 1 is 0.974 bits per heavy atom. The molecule has 2 N–H and O–H groups in total. The SMILES string of the molecule is CN(C)C(=O)c1ccc(NC2CCN(C3CCN(C(=O)[C@](O)(c4ccccc4)C(F)(F)F)CC3)CC2)cc1Cl. The number of likely N-dealkylation sites (tertiary alicyclic amines) is 2. The number of nitrogens with one attached hydrogen (secondary N) is 1. The highest BCUT2D eigenvalue weighted by molar-refractivity contribution is 6.34. The molecule has 11 heteroatoms. The fourth-order valence-electron chi connectivity index (χ4n) is 5.41. The van der Waals surface area contributed by atoms with Crippen molar-refractivity contribution in [2.75, 3.05) is 45.6 Å². The van der Waals surface area contributed by atoms with E-state index >= 15 is 0 Å². The lowest BCUT2D eigenvalue weighted by molar-refractivity contribution is -0.262. The zero-order chi connectivity index (χ0) is 28.4. The molecule has 2 heterocycles. The third-order valence-corrected chi connectivity index (χ3v) is 8.00. The summed E-state index contributed by atoms with van der Waals surface area (Å²) in [5.41, 5.74) is -2.74. The molecule has 0 aliphatic carbocycles. The van der Waals surface area contributed by atoms with Crippen LogP contribution in [0.3, 0.4) is 0 Å². The maximum Gasteiger partial charge on any atom is 0.430 e. The van der Waals surface area contributed by atoms with Gasteiger partial charge in [-0.15, -0.1) is 0 Å². The van der Waals surface area contributed by atoms with Crippen molar-refractivity contribution in [2.45, 2.75) is 49.5 Å². The Labute approximate surface area is 231 Å². The van der Waals surface area contributed by atoms with Gasteiger partial charge in [0, 0.05) is 63.6 Å². The largest absolute Gasteiger partial charge is 0.430 e. The number of amides is 2. The van der Waals surface area contributed by atoms with Crippen molar-refractivity contribution in [3.8, 4) is 0 Å². The number of alkyl halides is 3. The first kappa shape index (κ1) is 29.2. The Kier molecular flexibility index (Phi) is 8.78. The van der Waals surface area contributed by atoms with Crippen LogP contribution in [0.2, 0.25) is 5.02 Å². The van der Waals surface area contributed by atoms with Gasteiger partial charge in [-0.1, -0.05) is 41.9 Å². The van der Waals surface area contributed by atoms with Gasteiger partial charge in [-0.3, -0.25) is 9.59 Å². The molecule has 0 bridgehead atoms. The Balaban J connectivity index is 1.30. The number of nitrogens with zero attached hydrogens (tertiary/aromatic N) is 3. The van der Waals surface area contributed by atoms with E-state index in [1.807, 2.05) is 6.07 Å². The molecule has 212 valence electrons. The van der Waals surface area contributed by atoms with Crippen LogP contribution in [0, 0.1) is 0 Å². The normalized spacial score (nSPS) is 19.4. The first-order chi connectivity index (χ1) is 18.4. The summed E-state index contributed by atoms with van der Waals surface area (Å²) in [7, 11) is 3.35. The van der Waals surface area contributed by atoms with Crippen LogP contribution >= 0.6 is 11.6 Å². The van der Waals surface area contributed by atoms with E-state index < -0.39 is 23.2 Å². The standard InChI is InChI=1S/C28H34ClF3N4O3/c1-34(2)25(37)23-9-8-21(18-24(23)29)33-20-10-14-35(15-11-20)22-12-16-36(17-13-22)26(38)27(39,28(30,31)32)19-6-4-3-5-7-19/h3-9,18,20,22,33,39H,10-17H2,1-2H3/t27-/m1/s1. The molecular formula is C28H34ClF3N4O3. The second-order valence-electron chi connectivity index (χ2n) is 10.4. The fourth-order valence-corrected chi connectivity index (χ4v) is 5.68. The molecule has 7 nitrogen and oxygen atoms in total. The van der Waals surface area contributed by atoms with E-state index in [4.69, 9.17) is 11.6 Å². The van der Waals surface area contributed by atoms with E-state index in [2.05, 4.69) is 10.2 Å². The molecule has 2 aromatic carbocycles. The predicted molar refractivity (Wildman–Crippen MR) is 144 cm³/mol. The van der Waals surface area contributed by atoms with Gasteiger partial charge in [0.1, 0.15) is 0 Å². The number of carbonyl (C=O) groups is 2. The Bertz CT molecular complexity index is 1160. The molecule has 39 heavy (non-hydrogen) atoms. The van der Waals surface area contributed by atoms with E-state index in [1.54, 1.807) is 26.2 Å². The molecule has 2 fully saturated rings. The van der Waals surface area contributed by atoms with Crippen molar-refractivity contribution in [3.63, 3.8) is 0 Å². The molecule has 0 spiro atoms. The summed E-state index contributed by atoms with van der Waals surface area (Å²) in [5, 5.41) is 14.5. The van der Waals surface area contributed by atoms with E-state index in [0.29, 0.717) is 23.4 Å². The highest BCUT2D eigenvalue weighted by Crippen LogP contribution is 2.41. The third-order valence-electron chi connectivity index (χ3n) is 7.69. The number of hydrogen-bond donors (Lipinski definition) is 2. The highest BCUT2D eigenvalue weighted by atomic mass is 35.5. The van der Waals surface area contributed by atoms with Gasteiger partial charge in [0.15, 0.2) is 0 Å². The van der Waals surface area contributed by atoms with Crippen LogP contribution in [0.25, 0.3) is 0 Å². The summed E-state index contributed by atoms with van der Waals surface area (Å²) in [6.07, 6.45) is -2.30. The van der Waals surface area contributed by atoms with Gasteiger partial charge in [0.05, 0.1) is 10.6 Å². The number of benzene rings is 2. The molecule has 2 aliphatic rings. The third kappa shape index (κ3) is 6.18. The van der Waals surface area contributed by atoms with Crippen LogP contribution in [-0.2, 0) is 10.4 Å². The van der Waals surface area contributed by atoms with Crippen molar-refractivity contribution in [1.29, 1.82) is 0 Å². The number of rotatable bonds is 6. The quantitative estimate of drug-likeness (QED) is 0.543. The molecular weight excluding hydrogens is 533 g/mol. The smallest absolute Gasteiger partial charge is 0.382 e. The number of piperidine rings is 2. The molecule has 0 aromatic heterocycles. The van der Waals surface area contributed by atoms with Crippen molar-refractivity contribution in [1.82, 2.24) is 14.7 Å². The summed E-state index contributed by atoms with van der Waals surface area (Å²) in [6.45, 7) is 1.95. The topological polar surface area (TPSA) is 76.1 Å². The average Bonchev–Trinajstić information content (AvgIpc) is 2.92. The minimum atomic E-state index is -5.14. The Morgan fingerprint density at radius 3 is 2.13 bits per heavy atom. The Morgan fingerprint density at radius 2 is 1.59 bits per heavy atom. The van der Waals surface area contributed by atoms with Gasteiger partial charge in [-0.25, -0.2) is 0 Å². The number of hydrogen-bond acceptors (Lipinski definition) is 5. The molecule has 4 rings (SSSR count). The van der Waals surface area contributed by atoms with E-state index in [9.17, 15) is 27.9 Å². The van der Waals surface area contributed by atoms with Crippen LogP contribution in [0.5, 0.6) is 0 Å². The maximum atomic E-state index is 13.9. The Hall–Kier alpha value is -2.82. The summed E-state index contributed by atoms with van der Waals surface area (Å²) in [4.78, 5) is 30.1. The minimum Gasteiger partial charge on any atom is -0.382 e. The number of halogens is 4. The van der Waals surface area contributed by atoms with Crippen LogP contribution in [-0.4, -0.2) is 90.2 Å². The highest BCUT2D eigenvalue weighted by Gasteiger charge is 2.62. The number of aliphatic hydroxyl groups is 1. The van der Waals surface area contributed by atoms with Crippen molar-refractivity contribution in [2.24, 2.45) is 0 Å².